The SMILES string of the molecule is O=C(NCCC1=CCCCC1)[C@@H](Cc1ccccc1)N(Cc1ccc(Cl)cc1)C(=O)Cc1ccccc1. The van der Waals surface area contributed by atoms with Crippen molar-refractivity contribution in [3.8, 4) is 0 Å². The van der Waals surface area contributed by atoms with Crippen LogP contribution in [0.1, 0.15) is 48.8 Å². The first-order chi connectivity index (χ1) is 18.1. The minimum Gasteiger partial charge on any atom is -0.354 e. The summed E-state index contributed by atoms with van der Waals surface area (Å²) in [7, 11) is 0. The smallest absolute Gasteiger partial charge is 0.243 e. The largest absolute Gasteiger partial charge is 0.354 e. The van der Waals surface area contributed by atoms with Crippen LogP contribution < -0.4 is 5.32 Å². The van der Waals surface area contributed by atoms with Gasteiger partial charge in [-0.2, -0.15) is 0 Å². The van der Waals surface area contributed by atoms with E-state index in [1.807, 2.05) is 84.9 Å². The summed E-state index contributed by atoms with van der Waals surface area (Å²) in [5.74, 6) is -0.192. The van der Waals surface area contributed by atoms with Crippen molar-refractivity contribution >= 4 is 23.4 Å². The van der Waals surface area contributed by atoms with E-state index in [1.54, 1.807) is 4.90 Å². The Labute approximate surface area is 225 Å². The molecule has 0 aromatic heterocycles. The standard InChI is InChI=1S/C32H35ClN2O2/c33-29-18-16-28(17-19-29)24-35(31(36)23-27-14-8-3-9-15-27)30(22-26-12-6-2-7-13-26)32(37)34-21-20-25-10-4-1-5-11-25/h2-3,6-10,12-19,30H,1,4-5,11,20-24H2,(H,34,37)/t30-/m1/s1. The summed E-state index contributed by atoms with van der Waals surface area (Å²) in [4.78, 5) is 29.2. The van der Waals surface area contributed by atoms with E-state index in [0.717, 1.165) is 36.0 Å². The number of nitrogens with zero attached hydrogens (tertiary/aromatic N) is 1. The van der Waals surface area contributed by atoms with Crippen LogP contribution in [0, 0.1) is 0 Å². The third-order valence-electron chi connectivity index (χ3n) is 6.87. The molecule has 0 bridgehead atoms. The molecule has 0 unspecified atom stereocenters. The van der Waals surface area contributed by atoms with Gasteiger partial charge in [0.25, 0.3) is 0 Å². The molecule has 1 atom stereocenters. The van der Waals surface area contributed by atoms with Crippen molar-refractivity contribution in [1.82, 2.24) is 10.2 Å². The van der Waals surface area contributed by atoms with Crippen LogP contribution in [0.2, 0.25) is 5.02 Å². The predicted molar refractivity (Wildman–Crippen MR) is 150 cm³/mol. The second-order valence-electron chi connectivity index (χ2n) is 9.67. The zero-order chi connectivity index (χ0) is 25.9. The minimum absolute atomic E-state index is 0.0766. The summed E-state index contributed by atoms with van der Waals surface area (Å²) >= 11 is 6.11. The number of carbonyl (C=O) groups excluding carboxylic acids is 2. The van der Waals surface area contributed by atoms with Crippen LogP contribution >= 0.6 is 11.6 Å². The molecule has 3 aromatic rings. The van der Waals surface area contributed by atoms with Crippen molar-refractivity contribution in [2.45, 2.75) is 57.5 Å². The number of amides is 2. The Morgan fingerprint density at radius 2 is 1.51 bits per heavy atom. The van der Waals surface area contributed by atoms with E-state index in [4.69, 9.17) is 11.6 Å². The average molecular weight is 515 g/mol. The first-order valence-corrected chi connectivity index (χ1v) is 13.5. The van der Waals surface area contributed by atoms with Crippen LogP contribution in [0.4, 0.5) is 0 Å². The molecule has 1 aliphatic carbocycles. The predicted octanol–water partition coefficient (Wildman–Crippen LogP) is 6.53. The monoisotopic (exact) mass is 514 g/mol. The molecule has 37 heavy (non-hydrogen) atoms. The van der Waals surface area contributed by atoms with E-state index >= 15 is 0 Å². The second kappa shape index (κ2) is 13.8. The zero-order valence-corrected chi connectivity index (χ0v) is 22.0. The molecule has 0 saturated heterocycles. The molecule has 192 valence electrons. The van der Waals surface area contributed by atoms with E-state index in [-0.39, 0.29) is 18.2 Å². The Balaban J connectivity index is 1.57. The first-order valence-electron chi connectivity index (χ1n) is 13.2. The number of allylic oxidation sites excluding steroid dienone is 1. The number of hydrogen-bond donors (Lipinski definition) is 1. The number of hydrogen-bond acceptors (Lipinski definition) is 2. The molecule has 4 rings (SSSR count). The van der Waals surface area contributed by atoms with Gasteiger partial charge in [-0.25, -0.2) is 0 Å². The highest BCUT2D eigenvalue weighted by atomic mass is 35.5. The molecule has 0 saturated carbocycles. The van der Waals surface area contributed by atoms with Crippen LogP contribution in [0.15, 0.2) is 96.6 Å². The normalized spacial score (nSPS) is 13.9. The highest BCUT2D eigenvalue weighted by Crippen LogP contribution is 2.20. The van der Waals surface area contributed by atoms with Gasteiger partial charge in [-0.05, 0) is 60.9 Å². The van der Waals surface area contributed by atoms with Crippen molar-refractivity contribution < 1.29 is 9.59 Å². The lowest BCUT2D eigenvalue weighted by atomic mass is 9.97. The summed E-state index contributed by atoms with van der Waals surface area (Å²) in [6, 6.07) is 26.4. The topological polar surface area (TPSA) is 49.4 Å². The van der Waals surface area contributed by atoms with Gasteiger partial charge in [-0.3, -0.25) is 9.59 Å². The lowest BCUT2D eigenvalue weighted by Crippen LogP contribution is -2.51. The Kier molecular flexibility index (Phi) is 9.96. The van der Waals surface area contributed by atoms with Gasteiger partial charge in [0.15, 0.2) is 0 Å². The van der Waals surface area contributed by atoms with Gasteiger partial charge < -0.3 is 10.2 Å². The Morgan fingerprint density at radius 1 is 0.838 bits per heavy atom. The molecule has 3 aromatic carbocycles. The zero-order valence-electron chi connectivity index (χ0n) is 21.2. The first kappa shape index (κ1) is 26.7. The van der Waals surface area contributed by atoms with E-state index in [9.17, 15) is 9.59 Å². The van der Waals surface area contributed by atoms with Crippen LogP contribution in [0.25, 0.3) is 0 Å². The fourth-order valence-electron chi connectivity index (χ4n) is 4.81. The molecule has 5 heteroatoms. The van der Waals surface area contributed by atoms with Gasteiger partial charge in [0, 0.05) is 24.5 Å². The molecule has 0 spiro atoms. The third kappa shape index (κ3) is 8.33. The van der Waals surface area contributed by atoms with Gasteiger partial charge >= 0.3 is 0 Å². The van der Waals surface area contributed by atoms with Crippen LogP contribution in [-0.4, -0.2) is 29.3 Å². The third-order valence-corrected chi connectivity index (χ3v) is 7.12. The van der Waals surface area contributed by atoms with Crippen molar-refractivity contribution in [2.24, 2.45) is 0 Å². The molecule has 0 fully saturated rings. The maximum absolute atomic E-state index is 13.8. The Morgan fingerprint density at radius 3 is 2.16 bits per heavy atom. The van der Waals surface area contributed by atoms with Crippen molar-refractivity contribution in [2.75, 3.05) is 6.54 Å². The van der Waals surface area contributed by atoms with Crippen molar-refractivity contribution in [1.29, 1.82) is 0 Å². The van der Waals surface area contributed by atoms with E-state index in [0.29, 0.717) is 24.5 Å². The fourth-order valence-corrected chi connectivity index (χ4v) is 4.93. The van der Waals surface area contributed by atoms with Gasteiger partial charge in [0.05, 0.1) is 6.42 Å². The number of nitrogens with one attached hydrogen (secondary N) is 1. The molecular formula is C32H35ClN2O2. The molecule has 4 nitrogen and oxygen atoms in total. The minimum atomic E-state index is -0.630. The Hall–Kier alpha value is -3.37. The highest BCUT2D eigenvalue weighted by molar-refractivity contribution is 6.30. The van der Waals surface area contributed by atoms with Gasteiger partial charge in [-0.15, -0.1) is 0 Å². The lowest BCUT2D eigenvalue weighted by Gasteiger charge is -2.32. The summed E-state index contributed by atoms with van der Waals surface area (Å²) in [6.45, 7) is 0.913. The number of carbonyl (C=O) groups is 2. The van der Waals surface area contributed by atoms with E-state index < -0.39 is 6.04 Å². The van der Waals surface area contributed by atoms with Gasteiger partial charge in [0.1, 0.15) is 6.04 Å². The number of halogens is 1. The van der Waals surface area contributed by atoms with Gasteiger partial charge in [-0.1, -0.05) is 96.0 Å². The fraction of sp³-hybridized carbons (Fsp3) is 0.312. The molecule has 2 amide bonds. The number of benzene rings is 3. The lowest BCUT2D eigenvalue weighted by molar-refractivity contribution is -0.140. The summed E-state index contributed by atoms with van der Waals surface area (Å²) in [6.07, 6.45) is 8.57. The van der Waals surface area contributed by atoms with Crippen molar-refractivity contribution in [3.05, 3.63) is 118 Å². The van der Waals surface area contributed by atoms with Crippen LogP contribution in [0.3, 0.4) is 0 Å². The summed E-state index contributed by atoms with van der Waals surface area (Å²) in [5, 5.41) is 3.79. The molecule has 1 aliphatic rings. The molecule has 0 heterocycles. The average Bonchev–Trinajstić information content (AvgIpc) is 2.93. The Bertz CT molecular complexity index is 1180. The quantitative estimate of drug-likeness (QED) is 0.296. The second-order valence-corrected chi connectivity index (χ2v) is 10.1. The van der Waals surface area contributed by atoms with Crippen LogP contribution in [0.5, 0.6) is 0 Å². The summed E-state index contributed by atoms with van der Waals surface area (Å²) in [5.41, 5.74) is 4.30. The maximum Gasteiger partial charge on any atom is 0.243 e. The molecule has 0 radical (unpaired) electrons. The van der Waals surface area contributed by atoms with E-state index in [1.165, 1.54) is 18.4 Å². The molecule has 1 N–H and O–H groups in total. The maximum atomic E-state index is 13.8. The van der Waals surface area contributed by atoms with Gasteiger partial charge in [0.2, 0.25) is 11.8 Å². The van der Waals surface area contributed by atoms with Crippen LogP contribution in [-0.2, 0) is 29.0 Å². The van der Waals surface area contributed by atoms with E-state index in [2.05, 4.69) is 11.4 Å². The molecular weight excluding hydrogens is 480 g/mol. The highest BCUT2D eigenvalue weighted by Gasteiger charge is 2.30. The summed E-state index contributed by atoms with van der Waals surface area (Å²) < 4.78 is 0. The van der Waals surface area contributed by atoms with Crippen molar-refractivity contribution in [3.63, 3.8) is 0 Å². The molecule has 0 aliphatic heterocycles. The number of rotatable bonds is 11.